The second kappa shape index (κ2) is 16.1. The number of carbonyl (C=O) groups is 4. The molecule has 15 heteroatoms. The summed E-state index contributed by atoms with van der Waals surface area (Å²) in [5.74, 6) is -6.67. The zero-order valence-corrected chi connectivity index (χ0v) is 30.2. The summed E-state index contributed by atoms with van der Waals surface area (Å²) in [5, 5.41) is 3.61. The maximum atomic E-state index is 15.3. The molecule has 2 aliphatic heterocycles. The summed E-state index contributed by atoms with van der Waals surface area (Å²) in [6.45, 7) is 5.86. The van der Waals surface area contributed by atoms with Crippen molar-refractivity contribution in [2.45, 2.75) is 102 Å². The zero-order valence-electron chi connectivity index (χ0n) is 29.4. The monoisotopic (exact) mass is 755 g/mol. The summed E-state index contributed by atoms with van der Waals surface area (Å²) in [7, 11) is 1.13. The van der Waals surface area contributed by atoms with Crippen LogP contribution < -0.4 is 5.32 Å². The van der Waals surface area contributed by atoms with Crippen molar-refractivity contribution in [1.29, 1.82) is 0 Å². The molecule has 1 N–H and O–H groups in total. The summed E-state index contributed by atoms with van der Waals surface area (Å²) in [5.41, 5.74) is 2.97. The number of alkyl halides is 3. The number of piperidine rings is 1. The van der Waals surface area contributed by atoms with Gasteiger partial charge >= 0.3 is 18.1 Å². The molecule has 2 aromatic carbocycles. The largest absolute Gasteiger partial charge is 0.490 e. The maximum Gasteiger partial charge on any atom is 0.490 e. The second-order valence-electron chi connectivity index (χ2n) is 14.0. The zero-order chi connectivity index (χ0) is 38.1. The molecule has 2 saturated heterocycles. The quantitative estimate of drug-likeness (QED) is 0.230. The number of hydrogen-bond donors (Lipinski definition) is 1. The molecule has 284 valence electrons. The number of likely N-dealkylation sites (tertiary alicyclic amines) is 2. The first-order valence-electron chi connectivity index (χ1n) is 17.4. The minimum absolute atomic E-state index is 0.0309. The van der Waals surface area contributed by atoms with Gasteiger partial charge in [-0.2, -0.15) is 13.2 Å². The van der Waals surface area contributed by atoms with Gasteiger partial charge < -0.3 is 19.7 Å². The highest BCUT2D eigenvalue weighted by atomic mass is 35.5. The molecule has 1 aliphatic carbocycles. The topological polar surface area (TPSA) is 105 Å². The second-order valence-corrected chi connectivity index (χ2v) is 14.4. The molecule has 5 rings (SSSR count). The van der Waals surface area contributed by atoms with Crippen LogP contribution in [0.25, 0.3) is 0 Å². The molecule has 2 aromatic rings. The Morgan fingerprint density at radius 3 is 2.31 bits per heavy atom. The van der Waals surface area contributed by atoms with Gasteiger partial charge in [0.1, 0.15) is 23.8 Å². The first-order chi connectivity index (χ1) is 24.5. The Bertz CT molecular complexity index is 1680. The average Bonchev–Trinajstić information content (AvgIpc) is 3.72. The number of halogens is 6. The van der Waals surface area contributed by atoms with Crippen LogP contribution in [0.3, 0.4) is 0 Å². The third kappa shape index (κ3) is 8.54. The van der Waals surface area contributed by atoms with Gasteiger partial charge in [0.25, 0.3) is 0 Å². The van der Waals surface area contributed by atoms with Crippen LogP contribution in [-0.4, -0.2) is 84.7 Å². The molecule has 3 aliphatic rings. The van der Waals surface area contributed by atoms with Crippen LogP contribution in [0.2, 0.25) is 5.02 Å². The Hall–Kier alpha value is -3.78. The van der Waals surface area contributed by atoms with Crippen molar-refractivity contribution in [3.8, 4) is 0 Å². The van der Waals surface area contributed by atoms with Crippen LogP contribution in [0.1, 0.15) is 92.5 Å². The van der Waals surface area contributed by atoms with Crippen LogP contribution in [0.5, 0.6) is 0 Å². The van der Waals surface area contributed by atoms with E-state index in [9.17, 15) is 36.7 Å². The van der Waals surface area contributed by atoms with E-state index in [1.165, 1.54) is 13.0 Å². The predicted octanol–water partition coefficient (Wildman–Crippen LogP) is 6.50. The number of ether oxygens (including phenoxy) is 2. The fourth-order valence-electron chi connectivity index (χ4n) is 8.26. The number of rotatable bonds is 9. The van der Waals surface area contributed by atoms with E-state index in [4.69, 9.17) is 21.1 Å². The van der Waals surface area contributed by atoms with Gasteiger partial charge in [-0.25, -0.2) is 13.6 Å². The number of carbonyl (C=O) groups excluding carboxylic acids is 4. The van der Waals surface area contributed by atoms with Gasteiger partial charge in [0.15, 0.2) is 0 Å². The van der Waals surface area contributed by atoms with Gasteiger partial charge in [-0.15, -0.1) is 0 Å². The smallest absolute Gasteiger partial charge is 0.468 e. The molecule has 3 fully saturated rings. The molecular formula is C37H43ClF5N3O6. The molecule has 0 spiro atoms. The number of esters is 2. The average molecular weight is 756 g/mol. The lowest BCUT2D eigenvalue weighted by Gasteiger charge is -2.36. The molecule has 0 bridgehead atoms. The minimum Gasteiger partial charge on any atom is -0.468 e. The van der Waals surface area contributed by atoms with E-state index in [0.717, 1.165) is 35.9 Å². The summed E-state index contributed by atoms with van der Waals surface area (Å²) in [6.07, 6.45) is -4.66. The number of hydrogen-bond acceptors (Lipinski definition) is 7. The lowest BCUT2D eigenvalue weighted by atomic mass is 9.82. The van der Waals surface area contributed by atoms with E-state index in [2.05, 4.69) is 5.32 Å². The van der Waals surface area contributed by atoms with Crippen molar-refractivity contribution in [2.24, 2.45) is 5.92 Å². The minimum atomic E-state index is -5.23. The van der Waals surface area contributed by atoms with Crippen molar-refractivity contribution >= 4 is 35.4 Å². The summed E-state index contributed by atoms with van der Waals surface area (Å²) in [6, 6.07) is 5.18. The third-order valence-corrected chi connectivity index (χ3v) is 11.1. The Morgan fingerprint density at radius 2 is 1.71 bits per heavy atom. The van der Waals surface area contributed by atoms with Gasteiger partial charge in [0.05, 0.1) is 13.2 Å². The van der Waals surface area contributed by atoms with Crippen LogP contribution in [-0.2, 0) is 28.7 Å². The lowest BCUT2D eigenvalue weighted by molar-refractivity contribution is -0.204. The Labute approximate surface area is 304 Å². The van der Waals surface area contributed by atoms with Gasteiger partial charge in [-0.3, -0.25) is 19.3 Å². The van der Waals surface area contributed by atoms with Gasteiger partial charge in [-0.1, -0.05) is 30.7 Å². The van der Waals surface area contributed by atoms with Crippen molar-refractivity contribution < 1.29 is 50.6 Å². The van der Waals surface area contributed by atoms with Crippen molar-refractivity contribution in [3.63, 3.8) is 0 Å². The number of aryl methyl sites for hydroxylation is 1. The van der Waals surface area contributed by atoms with E-state index in [0.29, 0.717) is 37.4 Å². The molecule has 1 unspecified atom stereocenters. The standard InChI is InChI=1S/C37H43ClF5N3O6/c1-5-32(44-20(3)47)28-12-19(2)30(38)17-26(28)21-8-10-45(11-9-21)34(48)29-15-23(14-27(29)25-7-6-22(39)13-31(25)40)46-18-24(16-33(46)35(49)51-4)52-36(50)37(41,42)43/h6-7,12-13,17,21,23-24,27,29,32-33H,5,8-11,14-16,18H2,1-4H3,(H,44,47)/t23?,24-,27+,29-,32+,33-/m1/s1. The van der Waals surface area contributed by atoms with Crippen molar-refractivity contribution in [3.05, 3.63) is 69.2 Å². The first-order valence-corrected chi connectivity index (χ1v) is 17.8. The lowest BCUT2D eigenvalue weighted by Crippen LogP contribution is -2.44. The first kappa shape index (κ1) is 39.4. The van der Waals surface area contributed by atoms with Crippen LogP contribution >= 0.6 is 11.6 Å². The molecule has 0 radical (unpaired) electrons. The van der Waals surface area contributed by atoms with Crippen LogP contribution in [0, 0.1) is 24.5 Å². The molecule has 2 heterocycles. The van der Waals surface area contributed by atoms with Gasteiger partial charge in [-0.05, 0) is 85.3 Å². The molecule has 6 atom stereocenters. The molecule has 0 aromatic heterocycles. The van der Waals surface area contributed by atoms with Crippen molar-refractivity contribution in [2.75, 3.05) is 26.7 Å². The third-order valence-electron chi connectivity index (χ3n) is 10.7. The van der Waals surface area contributed by atoms with E-state index in [1.54, 1.807) is 9.80 Å². The summed E-state index contributed by atoms with van der Waals surface area (Å²) < 4.78 is 77.9. The highest BCUT2D eigenvalue weighted by Crippen LogP contribution is 2.46. The van der Waals surface area contributed by atoms with E-state index in [-0.39, 0.29) is 55.1 Å². The summed E-state index contributed by atoms with van der Waals surface area (Å²) >= 11 is 6.57. The Balaban J connectivity index is 1.38. The predicted molar refractivity (Wildman–Crippen MR) is 180 cm³/mol. The summed E-state index contributed by atoms with van der Waals surface area (Å²) in [4.78, 5) is 54.1. The van der Waals surface area contributed by atoms with Gasteiger partial charge in [0.2, 0.25) is 11.8 Å². The van der Waals surface area contributed by atoms with E-state index in [1.807, 2.05) is 26.0 Å². The molecule has 52 heavy (non-hydrogen) atoms. The molecular weight excluding hydrogens is 713 g/mol. The van der Waals surface area contributed by atoms with Crippen LogP contribution in [0.15, 0.2) is 30.3 Å². The maximum absolute atomic E-state index is 15.3. The highest BCUT2D eigenvalue weighted by molar-refractivity contribution is 6.31. The molecule has 9 nitrogen and oxygen atoms in total. The number of nitrogens with zero attached hydrogens (tertiary/aromatic N) is 2. The number of amides is 2. The number of benzene rings is 2. The van der Waals surface area contributed by atoms with E-state index >= 15 is 4.39 Å². The highest BCUT2D eigenvalue weighted by Gasteiger charge is 2.51. The fourth-order valence-corrected chi connectivity index (χ4v) is 8.43. The van der Waals surface area contributed by atoms with E-state index < -0.39 is 59.8 Å². The van der Waals surface area contributed by atoms with Crippen LogP contribution in [0.4, 0.5) is 22.0 Å². The SMILES string of the molecule is CC[C@H](NC(C)=O)c1cc(C)c(Cl)cc1C1CCN(C(=O)[C@@H]2CC(N3C[C@H](OC(=O)C(F)(F)F)C[C@@H]3C(=O)OC)C[C@H]2c2ccc(F)cc2F)CC1. The van der Waals surface area contributed by atoms with Gasteiger partial charge in [0, 0.05) is 56.0 Å². The normalized spacial score (nSPS) is 24.8. The Morgan fingerprint density at radius 1 is 1.02 bits per heavy atom. The van der Waals surface area contributed by atoms with Crippen molar-refractivity contribution in [1.82, 2.24) is 15.1 Å². The fraction of sp³-hybridized carbons (Fsp3) is 0.568. The molecule has 1 saturated carbocycles. The number of methoxy groups -OCH3 is 1. The molecule has 2 amide bonds. The Kier molecular flexibility index (Phi) is 12.2. The number of nitrogens with one attached hydrogen (secondary N) is 1.